The van der Waals surface area contributed by atoms with E-state index in [0.717, 1.165) is 19.4 Å². The summed E-state index contributed by atoms with van der Waals surface area (Å²) in [5, 5.41) is 0. The first kappa shape index (κ1) is 12.3. The van der Waals surface area contributed by atoms with Crippen LogP contribution in [0.1, 0.15) is 25.7 Å². The maximum atomic E-state index is 12.2. The summed E-state index contributed by atoms with van der Waals surface area (Å²) < 4.78 is 28.3. The van der Waals surface area contributed by atoms with Gasteiger partial charge < -0.3 is 9.64 Å². The molecule has 1 atom stereocenters. The molecule has 3 aliphatic rings. The van der Waals surface area contributed by atoms with Gasteiger partial charge >= 0.3 is 6.61 Å². The molecule has 0 aromatic heterocycles. The Balaban J connectivity index is 1.50. The predicted molar refractivity (Wildman–Crippen MR) is 60.2 cm³/mol. The van der Waals surface area contributed by atoms with Crippen molar-refractivity contribution >= 4 is 5.91 Å². The van der Waals surface area contributed by atoms with E-state index in [4.69, 9.17) is 0 Å². The van der Waals surface area contributed by atoms with Crippen LogP contribution in [0.15, 0.2) is 0 Å². The molecule has 2 heterocycles. The molecule has 0 aromatic rings. The summed E-state index contributed by atoms with van der Waals surface area (Å²) in [6.45, 7) is -1.09. The Morgan fingerprint density at radius 2 is 1.94 bits per heavy atom. The van der Waals surface area contributed by atoms with Crippen molar-refractivity contribution in [3.05, 3.63) is 0 Å². The summed E-state index contributed by atoms with van der Waals surface area (Å²) in [6, 6.07) is 0.584. The average Bonchev–Trinajstić information content (AvgIpc) is 3.00. The van der Waals surface area contributed by atoms with Crippen LogP contribution < -0.4 is 0 Å². The standard InChI is InChI=1S/C12H18F2N2O2/c13-12(14)18-9-6-15(7-9)11(17)10-2-1-5-16(10)8-3-4-8/h8-10,12H,1-7H2. The Labute approximate surface area is 105 Å². The molecule has 2 aliphatic heterocycles. The molecule has 1 amide bonds. The Hall–Kier alpha value is -0.750. The molecular formula is C12H18F2N2O2. The molecule has 4 nitrogen and oxygen atoms in total. The third-order valence-electron chi connectivity index (χ3n) is 4.05. The summed E-state index contributed by atoms with van der Waals surface area (Å²) in [7, 11) is 0. The monoisotopic (exact) mass is 260 g/mol. The number of rotatable bonds is 4. The largest absolute Gasteiger partial charge is 0.345 e. The van der Waals surface area contributed by atoms with Gasteiger partial charge in [-0.25, -0.2) is 0 Å². The number of hydrogen-bond donors (Lipinski definition) is 0. The van der Waals surface area contributed by atoms with Crippen molar-refractivity contribution in [3.63, 3.8) is 0 Å². The van der Waals surface area contributed by atoms with E-state index in [1.54, 1.807) is 4.90 Å². The molecule has 1 saturated carbocycles. The second kappa shape index (κ2) is 4.74. The molecular weight excluding hydrogens is 242 g/mol. The maximum absolute atomic E-state index is 12.2. The molecule has 0 N–H and O–H groups in total. The number of halogens is 2. The van der Waals surface area contributed by atoms with Crippen LogP contribution in [0.5, 0.6) is 0 Å². The average molecular weight is 260 g/mol. The van der Waals surface area contributed by atoms with Crippen molar-refractivity contribution < 1.29 is 18.3 Å². The number of amides is 1. The second-order valence-corrected chi connectivity index (χ2v) is 5.39. The van der Waals surface area contributed by atoms with Gasteiger partial charge in [0, 0.05) is 19.1 Å². The molecule has 2 saturated heterocycles. The SMILES string of the molecule is O=C(C1CCCN1C1CC1)N1CC(OC(F)F)C1. The van der Waals surface area contributed by atoms with E-state index < -0.39 is 12.7 Å². The van der Waals surface area contributed by atoms with Crippen molar-refractivity contribution in [1.82, 2.24) is 9.80 Å². The van der Waals surface area contributed by atoms with Crippen LogP contribution in [0.2, 0.25) is 0 Å². The van der Waals surface area contributed by atoms with Gasteiger partial charge in [-0.15, -0.1) is 0 Å². The fraction of sp³-hybridized carbons (Fsp3) is 0.917. The lowest BCUT2D eigenvalue weighted by Gasteiger charge is -2.41. The highest BCUT2D eigenvalue weighted by atomic mass is 19.3. The Morgan fingerprint density at radius 3 is 2.56 bits per heavy atom. The molecule has 6 heteroatoms. The molecule has 3 rings (SSSR count). The van der Waals surface area contributed by atoms with Crippen molar-refractivity contribution in [2.24, 2.45) is 0 Å². The number of hydrogen-bond acceptors (Lipinski definition) is 3. The van der Waals surface area contributed by atoms with Gasteiger partial charge in [0.25, 0.3) is 0 Å². The zero-order valence-electron chi connectivity index (χ0n) is 10.2. The van der Waals surface area contributed by atoms with Crippen LogP contribution in [0, 0.1) is 0 Å². The van der Waals surface area contributed by atoms with Gasteiger partial charge in [0.15, 0.2) is 0 Å². The quantitative estimate of drug-likeness (QED) is 0.758. The lowest BCUT2D eigenvalue weighted by molar-refractivity contribution is -0.200. The van der Waals surface area contributed by atoms with E-state index in [1.807, 2.05) is 0 Å². The van der Waals surface area contributed by atoms with E-state index in [0.29, 0.717) is 19.1 Å². The molecule has 18 heavy (non-hydrogen) atoms. The smallest absolute Gasteiger partial charge is 0.336 e. The van der Waals surface area contributed by atoms with Crippen molar-refractivity contribution in [2.75, 3.05) is 19.6 Å². The van der Waals surface area contributed by atoms with Crippen molar-refractivity contribution in [2.45, 2.75) is 50.5 Å². The first-order valence-corrected chi connectivity index (χ1v) is 6.63. The highest BCUT2D eigenvalue weighted by Crippen LogP contribution is 2.34. The van der Waals surface area contributed by atoms with Gasteiger partial charge in [-0.1, -0.05) is 0 Å². The van der Waals surface area contributed by atoms with Crippen LogP contribution in [0.4, 0.5) is 8.78 Å². The van der Waals surface area contributed by atoms with Crippen molar-refractivity contribution in [3.8, 4) is 0 Å². The lowest BCUT2D eigenvalue weighted by atomic mass is 10.1. The lowest BCUT2D eigenvalue weighted by Crippen LogP contribution is -2.59. The highest BCUT2D eigenvalue weighted by Gasteiger charge is 2.44. The molecule has 0 aromatic carbocycles. The number of carbonyl (C=O) groups is 1. The predicted octanol–water partition coefficient (Wildman–Crippen LogP) is 1.06. The zero-order chi connectivity index (χ0) is 12.7. The summed E-state index contributed by atoms with van der Waals surface area (Å²) in [5.41, 5.74) is 0. The highest BCUT2D eigenvalue weighted by molar-refractivity contribution is 5.83. The van der Waals surface area contributed by atoms with Gasteiger partial charge in [-0.3, -0.25) is 9.69 Å². The van der Waals surface area contributed by atoms with E-state index >= 15 is 0 Å². The molecule has 0 bridgehead atoms. The number of alkyl halides is 2. The van der Waals surface area contributed by atoms with Gasteiger partial charge in [-0.2, -0.15) is 8.78 Å². The maximum Gasteiger partial charge on any atom is 0.345 e. The minimum atomic E-state index is -2.73. The van der Waals surface area contributed by atoms with Gasteiger partial charge in [0.1, 0.15) is 0 Å². The van der Waals surface area contributed by atoms with Gasteiger partial charge in [0.05, 0.1) is 12.1 Å². The van der Waals surface area contributed by atoms with Gasteiger partial charge in [-0.05, 0) is 32.2 Å². The fourth-order valence-corrected chi connectivity index (χ4v) is 2.96. The number of nitrogens with zero attached hydrogens (tertiary/aromatic N) is 2. The zero-order valence-corrected chi connectivity index (χ0v) is 10.2. The molecule has 0 spiro atoms. The first-order valence-electron chi connectivity index (χ1n) is 6.63. The van der Waals surface area contributed by atoms with Crippen LogP contribution in [0.25, 0.3) is 0 Å². The van der Waals surface area contributed by atoms with E-state index in [1.165, 1.54) is 12.8 Å². The van der Waals surface area contributed by atoms with Crippen LogP contribution >= 0.6 is 0 Å². The minimum absolute atomic E-state index is 0.00926. The first-order chi connectivity index (χ1) is 8.65. The summed E-state index contributed by atoms with van der Waals surface area (Å²) in [6.07, 6.45) is 3.89. The van der Waals surface area contributed by atoms with Gasteiger partial charge in [0.2, 0.25) is 5.91 Å². The van der Waals surface area contributed by atoms with E-state index in [2.05, 4.69) is 9.64 Å². The minimum Gasteiger partial charge on any atom is -0.336 e. The molecule has 0 radical (unpaired) electrons. The second-order valence-electron chi connectivity index (χ2n) is 5.39. The number of likely N-dealkylation sites (tertiary alicyclic amines) is 2. The Bertz CT molecular complexity index is 330. The third kappa shape index (κ3) is 2.36. The normalized spacial score (nSPS) is 29.9. The molecule has 3 fully saturated rings. The van der Waals surface area contributed by atoms with Crippen LogP contribution in [0.3, 0.4) is 0 Å². The fourth-order valence-electron chi connectivity index (χ4n) is 2.96. The van der Waals surface area contributed by atoms with E-state index in [-0.39, 0.29) is 11.9 Å². The topological polar surface area (TPSA) is 32.8 Å². The van der Waals surface area contributed by atoms with Crippen LogP contribution in [-0.2, 0) is 9.53 Å². The summed E-state index contributed by atoms with van der Waals surface area (Å²) in [5.74, 6) is 0.105. The number of carbonyl (C=O) groups excluding carboxylic acids is 1. The summed E-state index contributed by atoms with van der Waals surface area (Å²) >= 11 is 0. The summed E-state index contributed by atoms with van der Waals surface area (Å²) in [4.78, 5) is 16.2. The Morgan fingerprint density at radius 1 is 1.22 bits per heavy atom. The van der Waals surface area contributed by atoms with Crippen molar-refractivity contribution in [1.29, 1.82) is 0 Å². The van der Waals surface area contributed by atoms with E-state index in [9.17, 15) is 13.6 Å². The molecule has 102 valence electrons. The Kier molecular flexibility index (Phi) is 3.23. The molecule has 1 aliphatic carbocycles. The third-order valence-corrected chi connectivity index (χ3v) is 4.05. The number of ether oxygens (including phenoxy) is 1. The van der Waals surface area contributed by atoms with Crippen LogP contribution in [-0.4, -0.2) is 60.1 Å². The molecule has 1 unspecified atom stereocenters.